The SMILES string of the molecule is CC(C)(C)c1ccc2c(c1)N(S(=O)(=O)c1ccccc1)C[C@H](C(=O)Nc1cccc(Cl)c1)O2. The van der Waals surface area contributed by atoms with Gasteiger partial charge in [-0.25, -0.2) is 8.42 Å². The van der Waals surface area contributed by atoms with E-state index in [1.807, 2.05) is 12.1 Å². The van der Waals surface area contributed by atoms with Crippen LogP contribution in [0.1, 0.15) is 26.3 Å². The Morgan fingerprint density at radius 3 is 2.42 bits per heavy atom. The van der Waals surface area contributed by atoms with Gasteiger partial charge in [0.2, 0.25) is 0 Å². The molecule has 1 atom stereocenters. The highest BCUT2D eigenvalue weighted by Crippen LogP contribution is 2.40. The van der Waals surface area contributed by atoms with Gasteiger partial charge < -0.3 is 10.1 Å². The number of anilines is 2. The molecule has 1 N–H and O–H groups in total. The molecule has 6 nitrogen and oxygen atoms in total. The van der Waals surface area contributed by atoms with Gasteiger partial charge in [0, 0.05) is 10.7 Å². The average molecular weight is 485 g/mol. The maximum absolute atomic E-state index is 13.6. The molecule has 0 unspecified atom stereocenters. The Bertz CT molecular complexity index is 1290. The summed E-state index contributed by atoms with van der Waals surface area (Å²) in [7, 11) is -3.93. The molecule has 0 aromatic heterocycles. The second-order valence-corrected chi connectivity index (χ2v) is 11.2. The van der Waals surface area contributed by atoms with Crippen molar-refractivity contribution in [3.8, 4) is 5.75 Å². The van der Waals surface area contributed by atoms with E-state index in [1.165, 1.54) is 4.31 Å². The zero-order chi connectivity index (χ0) is 23.8. The summed E-state index contributed by atoms with van der Waals surface area (Å²) in [6.07, 6.45) is -1.05. The summed E-state index contributed by atoms with van der Waals surface area (Å²) >= 11 is 6.01. The third-order valence-electron chi connectivity index (χ3n) is 5.41. The number of rotatable bonds is 4. The minimum absolute atomic E-state index is 0.146. The molecule has 3 aromatic carbocycles. The van der Waals surface area contributed by atoms with Crippen molar-refractivity contribution in [3.63, 3.8) is 0 Å². The van der Waals surface area contributed by atoms with Crippen LogP contribution in [0.5, 0.6) is 5.75 Å². The Morgan fingerprint density at radius 2 is 1.76 bits per heavy atom. The summed E-state index contributed by atoms with van der Waals surface area (Å²) in [5.41, 5.74) is 1.68. The van der Waals surface area contributed by atoms with E-state index in [0.29, 0.717) is 22.1 Å². The first kappa shape index (κ1) is 23.1. The molecule has 4 rings (SSSR count). The lowest BCUT2D eigenvalue weighted by Gasteiger charge is -2.36. The fraction of sp³-hybridized carbons (Fsp3) is 0.240. The van der Waals surface area contributed by atoms with Crippen molar-refractivity contribution < 1.29 is 17.9 Å². The van der Waals surface area contributed by atoms with Crippen LogP contribution >= 0.6 is 11.6 Å². The number of fused-ring (bicyclic) bond motifs is 1. The van der Waals surface area contributed by atoms with E-state index in [9.17, 15) is 13.2 Å². The van der Waals surface area contributed by atoms with E-state index in [1.54, 1.807) is 60.7 Å². The molecule has 33 heavy (non-hydrogen) atoms. The molecule has 0 spiro atoms. The first-order valence-corrected chi connectivity index (χ1v) is 12.3. The highest BCUT2D eigenvalue weighted by molar-refractivity contribution is 7.92. The molecule has 0 radical (unpaired) electrons. The maximum Gasteiger partial charge on any atom is 0.267 e. The lowest BCUT2D eigenvalue weighted by atomic mass is 9.86. The number of halogens is 1. The predicted octanol–water partition coefficient (Wildman–Crippen LogP) is 5.23. The van der Waals surface area contributed by atoms with Crippen LogP contribution in [0.2, 0.25) is 5.02 Å². The summed E-state index contributed by atoms with van der Waals surface area (Å²) in [6, 6.07) is 20.3. The number of hydrogen-bond acceptors (Lipinski definition) is 4. The van der Waals surface area contributed by atoms with Gasteiger partial charge in [0.15, 0.2) is 6.10 Å². The van der Waals surface area contributed by atoms with E-state index < -0.39 is 22.0 Å². The standard InChI is InChI=1S/C25H25ClN2O4S/c1-25(2,3)17-12-13-22-21(14-17)28(33(30,31)20-10-5-4-6-11-20)16-23(32-22)24(29)27-19-9-7-8-18(26)15-19/h4-15,23H,16H2,1-3H3,(H,27,29)/t23-/m1/s1. The molecule has 1 aliphatic rings. The second kappa shape index (κ2) is 8.72. The highest BCUT2D eigenvalue weighted by atomic mass is 35.5. The maximum atomic E-state index is 13.6. The number of carbonyl (C=O) groups excluding carboxylic acids is 1. The number of nitrogens with zero attached hydrogens (tertiary/aromatic N) is 1. The van der Waals surface area contributed by atoms with Gasteiger partial charge in [-0.1, -0.05) is 62.7 Å². The Morgan fingerprint density at radius 1 is 1.03 bits per heavy atom. The molecule has 172 valence electrons. The Balaban J connectivity index is 1.74. The first-order chi connectivity index (χ1) is 15.6. The van der Waals surface area contributed by atoms with Crippen LogP contribution in [-0.4, -0.2) is 27.0 Å². The number of benzene rings is 3. The van der Waals surface area contributed by atoms with E-state index in [2.05, 4.69) is 26.1 Å². The molecule has 1 heterocycles. The smallest absolute Gasteiger partial charge is 0.267 e. The fourth-order valence-corrected chi connectivity index (χ4v) is 5.27. The molecule has 0 aliphatic carbocycles. The van der Waals surface area contributed by atoms with E-state index in [0.717, 1.165) is 5.56 Å². The predicted molar refractivity (Wildman–Crippen MR) is 131 cm³/mol. The largest absolute Gasteiger partial charge is 0.476 e. The monoisotopic (exact) mass is 484 g/mol. The van der Waals surface area contributed by atoms with Gasteiger partial charge in [0.1, 0.15) is 5.75 Å². The summed E-state index contributed by atoms with van der Waals surface area (Å²) in [5, 5.41) is 3.24. The molecule has 0 saturated carbocycles. The molecule has 8 heteroatoms. The molecule has 1 aliphatic heterocycles. The van der Waals surface area contributed by atoms with Gasteiger partial charge in [0.25, 0.3) is 15.9 Å². The zero-order valence-electron chi connectivity index (χ0n) is 18.6. The molecular weight excluding hydrogens is 460 g/mol. The van der Waals surface area contributed by atoms with Crippen LogP contribution in [0.4, 0.5) is 11.4 Å². The quantitative estimate of drug-likeness (QED) is 0.550. The number of nitrogens with one attached hydrogen (secondary N) is 1. The van der Waals surface area contributed by atoms with Crippen LogP contribution in [0, 0.1) is 0 Å². The van der Waals surface area contributed by atoms with Gasteiger partial charge in [0.05, 0.1) is 17.1 Å². The summed E-state index contributed by atoms with van der Waals surface area (Å²) < 4.78 is 34.4. The number of hydrogen-bond donors (Lipinski definition) is 1. The van der Waals surface area contributed by atoms with Crippen molar-refractivity contribution in [1.82, 2.24) is 0 Å². The van der Waals surface area contributed by atoms with Crippen LogP contribution < -0.4 is 14.4 Å². The lowest BCUT2D eigenvalue weighted by molar-refractivity contribution is -0.122. The summed E-state index contributed by atoms with van der Waals surface area (Å²) in [5.74, 6) is -0.129. The van der Waals surface area contributed by atoms with Gasteiger partial charge in [-0.2, -0.15) is 0 Å². The normalized spacial score (nSPS) is 16.0. The Labute approximate surface area is 199 Å². The van der Waals surface area contributed by atoms with Crippen molar-refractivity contribution in [1.29, 1.82) is 0 Å². The van der Waals surface area contributed by atoms with Gasteiger partial charge in [-0.15, -0.1) is 0 Å². The molecule has 0 fully saturated rings. The molecule has 1 amide bonds. The van der Waals surface area contributed by atoms with Gasteiger partial charge >= 0.3 is 0 Å². The highest BCUT2D eigenvalue weighted by Gasteiger charge is 2.38. The third kappa shape index (κ3) is 4.84. The van der Waals surface area contributed by atoms with Crippen molar-refractivity contribution in [2.75, 3.05) is 16.2 Å². The molecule has 3 aromatic rings. The van der Waals surface area contributed by atoms with Gasteiger partial charge in [-0.3, -0.25) is 9.10 Å². The number of ether oxygens (including phenoxy) is 1. The molecule has 0 bridgehead atoms. The van der Waals surface area contributed by atoms with Crippen LogP contribution in [0.3, 0.4) is 0 Å². The zero-order valence-corrected chi connectivity index (χ0v) is 20.2. The van der Waals surface area contributed by atoms with E-state index in [-0.39, 0.29) is 16.9 Å². The molecule has 0 saturated heterocycles. The van der Waals surface area contributed by atoms with Crippen molar-refractivity contribution >= 4 is 38.9 Å². The number of amides is 1. The number of carbonyl (C=O) groups is 1. The van der Waals surface area contributed by atoms with Crippen LogP contribution in [-0.2, 0) is 20.2 Å². The lowest BCUT2D eigenvalue weighted by Crippen LogP contribution is -2.49. The minimum atomic E-state index is -3.93. The van der Waals surface area contributed by atoms with Crippen molar-refractivity contribution in [3.05, 3.63) is 83.4 Å². The first-order valence-electron chi connectivity index (χ1n) is 10.5. The van der Waals surface area contributed by atoms with Crippen molar-refractivity contribution in [2.24, 2.45) is 0 Å². The van der Waals surface area contributed by atoms with Crippen LogP contribution in [0.25, 0.3) is 0 Å². The second-order valence-electron chi connectivity index (χ2n) is 8.89. The molecular formula is C25H25ClN2O4S. The van der Waals surface area contributed by atoms with E-state index in [4.69, 9.17) is 16.3 Å². The minimum Gasteiger partial charge on any atom is -0.476 e. The average Bonchev–Trinajstić information content (AvgIpc) is 2.78. The number of sulfonamides is 1. The fourth-order valence-electron chi connectivity index (χ4n) is 3.59. The summed E-state index contributed by atoms with van der Waals surface area (Å²) in [4.78, 5) is 13.2. The Kier molecular flexibility index (Phi) is 6.12. The summed E-state index contributed by atoms with van der Waals surface area (Å²) in [6.45, 7) is 5.99. The third-order valence-corrected chi connectivity index (χ3v) is 7.44. The topological polar surface area (TPSA) is 75.7 Å². The van der Waals surface area contributed by atoms with Crippen LogP contribution in [0.15, 0.2) is 77.7 Å². The van der Waals surface area contributed by atoms with Gasteiger partial charge in [-0.05, 0) is 53.4 Å². The Hall–Kier alpha value is -3.03. The van der Waals surface area contributed by atoms with Crippen molar-refractivity contribution in [2.45, 2.75) is 37.2 Å². The van der Waals surface area contributed by atoms with E-state index >= 15 is 0 Å².